The van der Waals surface area contributed by atoms with E-state index >= 15 is 0 Å². The summed E-state index contributed by atoms with van der Waals surface area (Å²) in [7, 11) is 0. The minimum Gasteiger partial charge on any atom is -0.326 e. The summed E-state index contributed by atoms with van der Waals surface area (Å²) in [6.45, 7) is 3.76. The van der Waals surface area contributed by atoms with Crippen LogP contribution in [-0.2, 0) is 10.1 Å². The van der Waals surface area contributed by atoms with E-state index in [1.165, 1.54) is 0 Å². The predicted octanol–water partition coefficient (Wildman–Crippen LogP) is 3.18. The van der Waals surface area contributed by atoms with E-state index in [4.69, 9.17) is 0 Å². The molecule has 0 radical (unpaired) electrons. The Morgan fingerprint density at radius 2 is 2.07 bits per heavy atom. The van der Waals surface area contributed by atoms with Gasteiger partial charge in [-0.1, -0.05) is 48.0 Å². The second-order valence-corrected chi connectivity index (χ2v) is 4.00. The van der Waals surface area contributed by atoms with Crippen LogP contribution in [0.2, 0.25) is 0 Å². The van der Waals surface area contributed by atoms with Gasteiger partial charge in [0.2, 0.25) is 5.91 Å². The summed E-state index contributed by atoms with van der Waals surface area (Å²) in [6, 6.07) is 7.78. The number of para-hydroxylation sites is 1. The number of alkyl halides is 1. The molecule has 0 bridgehead atoms. The van der Waals surface area contributed by atoms with Crippen molar-refractivity contribution < 1.29 is 4.79 Å². The number of benzene rings is 1. The maximum atomic E-state index is 11.5. The highest BCUT2D eigenvalue weighted by Crippen LogP contribution is 2.18. The Bertz CT molecular complexity index is 323. The van der Waals surface area contributed by atoms with Gasteiger partial charge in [-0.25, -0.2) is 0 Å². The van der Waals surface area contributed by atoms with Crippen molar-refractivity contribution in [2.45, 2.75) is 19.2 Å². The smallest absolute Gasteiger partial charge is 0.226 e. The topological polar surface area (TPSA) is 29.1 Å². The number of hydrogen-bond acceptors (Lipinski definition) is 1. The van der Waals surface area contributed by atoms with E-state index in [-0.39, 0.29) is 11.8 Å². The summed E-state index contributed by atoms with van der Waals surface area (Å²) in [4.78, 5) is 11.5. The maximum Gasteiger partial charge on any atom is 0.226 e. The molecular weight excluding hydrogens is 242 g/mol. The van der Waals surface area contributed by atoms with Gasteiger partial charge in [0.1, 0.15) is 0 Å². The van der Waals surface area contributed by atoms with Crippen LogP contribution in [0.5, 0.6) is 0 Å². The largest absolute Gasteiger partial charge is 0.326 e. The number of halogens is 1. The molecule has 76 valence electrons. The van der Waals surface area contributed by atoms with Crippen LogP contribution in [0.15, 0.2) is 24.3 Å². The Kier molecular flexibility index (Phi) is 4.14. The summed E-state index contributed by atoms with van der Waals surface area (Å²) >= 11 is 3.38. The zero-order chi connectivity index (χ0) is 10.6. The van der Waals surface area contributed by atoms with E-state index in [0.29, 0.717) is 0 Å². The van der Waals surface area contributed by atoms with Gasteiger partial charge in [0.25, 0.3) is 0 Å². The van der Waals surface area contributed by atoms with Gasteiger partial charge in [-0.2, -0.15) is 0 Å². The number of amides is 1. The van der Waals surface area contributed by atoms with Gasteiger partial charge in [0.15, 0.2) is 0 Å². The number of anilines is 1. The molecule has 1 amide bonds. The van der Waals surface area contributed by atoms with Gasteiger partial charge in [0.05, 0.1) is 0 Å². The molecule has 0 spiro atoms. The van der Waals surface area contributed by atoms with Crippen LogP contribution in [0.4, 0.5) is 5.69 Å². The summed E-state index contributed by atoms with van der Waals surface area (Å²) in [5, 5.41) is 3.64. The van der Waals surface area contributed by atoms with E-state index in [1.54, 1.807) is 0 Å². The number of hydrogen-bond donors (Lipinski definition) is 1. The number of carbonyl (C=O) groups excluding carboxylic acids is 1. The van der Waals surface area contributed by atoms with Crippen LogP contribution in [0.3, 0.4) is 0 Å². The lowest BCUT2D eigenvalue weighted by Gasteiger charge is -2.10. The van der Waals surface area contributed by atoms with Crippen molar-refractivity contribution in [3.63, 3.8) is 0 Å². The van der Waals surface area contributed by atoms with Crippen LogP contribution < -0.4 is 5.32 Å². The zero-order valence-electron chi connectivity index (χ0n) is 8.38. The number of nitrogens with one attached hydrogen (secondary N) is 1. The number of carbonyl (C=O) groups is 1. The van der Waals surface area contributed by atoms with Gasteiger partial charge >= 0.3 is 0 Å². The van der Waals surface area contributed by atoms with E-state index < -0.39 is 0 Å². The molecule has 0 fully saturated rings. The molecule has 0 saturated carbocycles. The highest BCUT2D eigenvalue weighted by molar-refractivity contribution is 9.08. The molecule has 3 heteroatoms. The molecule has 0 saturated heterocycles. The van der Waals surface area contributed by atoms with Gasteiger partial charge in [-0.05, 0) is 11.6 Å². The average Bonchev–Trinajstić information content (AvgIpc) is 2.18. The minimum absolute atomic E-state index is 0.0124. The Morgan fingerprint density at radius 1 is 1.43 bits per heavy atom. The Labute approximate surface area is 92.8 Å². The summed E-state index contributed by atoms with van der Waals surface area (Å²) in [5.74, 6) is 0.0665. The first-order chi connectivity index (χ1) is 6.65. The molecular formula is C11H14BrNO. The van der Waals surface area contributed by atoms with Gasteiger partial charge < -0.3 is 5.32 Å². The van der Waals surface area contributed by atoms with Gasteiger partial charge in [-0.3, -0.25) is 4.79 Å². The van der Waals surface area contributed by atoms with Crippen LogP contribution in [0.1, 0.15) is 19.4 Å². The molecule has 1 N–H and O–H groups in total. The van der Waals surface area contributed by atoms with Crippen LogP contribution in [-0.4, -0.2) is 5.91 Å². The molecule has 0 aliphatic rings. The second-order valence-electron chi connectivity index (χ2n) is 3.43. The Hall–Kier alpha value is -0.830. The van der Waals surface area contributed by atoms with Crippen molar-refractivity contribution in [3.8, 4) is 0 Å². The molecule has 1 rings (SSSR count). The van der Waals surface area contributed by atoms with Crippen molar-refractivity contribution in [2.75, 3.05) is 5.32 Å². The highest BCUT2D eigenvalue weighted by atomic mass is 79.9. The Balaban J connectivity index is 2.80. The monoisotopic (exact) mass is 255 g/mol. The van der Waals surface area contributed by atoms with Crippen molar-refractivity contribution in [3.05, 3.63) is 29.8 Å². The first-order valence-electron chi connectivity index (χ1n) is 4.60. The lowest BCUT2D eigenvalue weighted by atomic mass is 10.1. The average molecular weight is 256 g/mol. The fourth-order valence-corrected chi connectivity index (χ4v) is 1.52. The zero-order valence-corrected chi connectivity index (χ0v) is 9.97. The predicted molar refractivity (Wildman–Crippen MR) is 62.5 cm³/mol. The molecule has 0 aliphatic carbocycles. The van der Waals surface area contributed by atoms with E-state index in [0.717, 1.165) is 16.6 Å². The molecule has 2 nitrogen and oxygen atoms in total. The first-order valence-corrected chi connectivity index (χ1v) is 5.72. The minimum atomic E-state index is 0.0124. The maximum absolute atomic E-state index is 11.5. The van der Waals surface area contributed by atoms with Crippen molar-refractivity contribution in [1.29, 1.82) is 0 Å². The fraction of sp³-hybridized carbons (Fsp3) is 0.364. The quantitative estimate of drug-likeness (QED) is 0.827. The van der Waals surface area contributed by atoms with Crippen molar-refractivity contribution in [1.82, 2.24) is 0 Å². The van der Waals surface area contributed by atoms with E-state index in [2.05, 4.69) is 21.2 Å². The second kappa shape index (κ2) is 5.15. The van der Waals surface area contributed by atoms with E-state index in [1.807, 2.05) is 38.1 Å². The first kappa shape index (κ1) is 11.2. The third-order valence-corrected chi connectivity index (χ3v) is 2.55. The number of rotatable bonds is 3. The summed E-state index contributed by atoms with van der Waals surface area (Å²) in [6.07, 6.45) is 0. The highest BCUT2D eigenvalue weighted by Gasteiger charge is 2.08. The molecule has 0 atom stereocenters. The van der Waals surface area contributed by atoms with Gasteiger partial charge in [-0.15, -0.1) is 0 Å². The molecule has 1 aromatic rings. The molecule has 0 unspecified atom stereocenters. The third kappa shape index (κ3) is 2.84. The van der Waals surface area contributed by atoms with Crippen LogP contribution in [0.25, 0.3) is 0 Å². The molecule has 1 aromatic carbocycles. The normalized spacial score (nSPS) is 10.3. The third-order valence-electron chi connectivity index (χ3n) is 1.94. The molecule has 14 heavy (non-hydrogen) atoms. The van der Waals surface area contributed by atoms with Crippen molar-refractivity contribution in [2.24, 2.45) is 5.92 Å². The lowest BCUT2D eigenvalue weighted by molar-refractivity contribution is -0.118. The molecule has 0 aromatic heterocycles. The van der Waals surface area contributed by atoms with E-state index in [9.17, 15) is 4.79 Å². The standard InChI is InChI=1S/C11H14BrNO/c1-8(2)11(14)13-10-6-4-3-5-9(10)7-12/h3-6,8H,7H2,1-2H3,(H,13,14). The van der Waals surface area contributed by atoms with Crippen LogP contribution in [0, 0.1) is 5.92 Å². The SMILES string of the molecule is CC(C)C(=O)Nc1ccccc1CBr. The van der Waals surface area contributed by atoms with Crippen molar-refractivity contribution >= 4 is 27.5 Å². The lowest BCUT2D eigenvalue weighted by Crippen LogP contribution is -2.18. The molecule has 0 aliphatic heterocycles. The Morgan fingerprint density at radius 3 is 2.64 bits per heavy atom. The fourth-order valence-electron chi connectivity index (χ4n) is 1.04. The van der Waals surface area contributed by atoms with Crippen LogP contribution >= 0.6 is 15.9 Å². The summed E-state index contributed by atoms with van der Waals surface area (Å²) < 4.78 is 0. The molecule has 0 heterocycles. The summed E-state index contributed by atoms with van der Waals surface area (Å²) in [5.41, 5.74) is 1.99. The van der Waals surface area contributed by atoms with Gasteiger partial charge in [0, 0.05) is 16.9 Å².